The topological polar surface area (TPSA) is 67.4 Å². The van der Waals surface area contributed by atoms with Crippen LogP contribution in [0.1, 0.15) is 5.56 Å². The number of anilines is 2. The molecule has 0 aliphatic carbocycles. The number of hydrogen-bond acceptors (Lipinski definition) is 3. The SMILES string of the molecule is Cc1ccccc1NC(=O)Nc1ccc(OC[C]=O)cc1. The zero-order valence-electron chi connectivity index (χ0n) is 11.6. The third-order valence-corrected chi connectivity index (χ3v) is 2.80. The van der Waals surface area contributed by atoms with Crippen LogP contribution in [0.3, 0.4) is 0 Å². The Balaban J connectivity index is 1.93. The van der Waals surface area contributed by atoms with E-state index in [4.69, 9.17) is 4.74 Å². The Morgan fingerprint density at radius 2 is 1.81 bits per heavy atom. The third-order valence-electron chi connectivity index (χ3n) is 2.80. The van der Waals surface area contributed by atoms with Crippen molar-refractivity contribution >= 4 is 23.7 Å². The average molecular weight is 283 g/mol. The van der Waals surface area contributed by atoms with E-state index >= 15 is 0 Å². The molecule has 2 amide bonds. The minimum Gasteiger partial charge on any atom is -0.485 e. The van der Waals surface area contributed by atoms with Gasteiger partial charge in [-0.1, -0.05) is 18.2 Å². The molecule has 1 radical (unpaired) electrons. The molecule has 5 heteroatoms. The third kappa shape index (κ3) is 4.35. The first kappa shape index (κ1) is 14.6. The first-order valence-corrected chi connectivity index (χ1v) is 6.40. The van der Waals surface area contributed by atoms with Gasteiger partial charge in [0.25, 0.3) is 0 Å². The smallest absolute Gasteiger partial charge is 0.323 e. The van der Waals surface area contributed by atoms with Gasteiger partial charge in [0.05, 0.1) is 0 Å². The monoisotopic (exact) mass is 283 g/mol. The lowest BCUT2D eigenvalue weighted by Gasteiger charge is -2.10. The number of amides is 2. The van der Waals surface area contributed by atoms with E-state index < -0.39 is 0 Å². The Labute approximate surface area is 122 Å². The van der Waals surface area contributed by atoms with Crippen LogP contribution in [-0.2, 0) is 4.79 Å². The molecule has 21 heavy (non-hydrogen) atoms. The minimum atomic E-state index is -0.320. The van der Waals surface area contributed by atoms with Gasteiger partial charge in [0, 0.05) is 11.4 Å². The van der Waals surface area contributed by atoms with Gasteiger partial charge < -0.3 is 15.4 Å². The Morgan fingerprint density at radius 1 is 1.10 bits per heavy atom. The van der Waals surface area contributed by atoms with Crippen LogP contribution in [-0.4, -0.2) is 18.9 Å². The maximum Gasteiger partial charge on any atom is 0.323 e. The largest absolute Gasteiger partial charge is 0.485 e. The molecular formula is C16H15N2O3. The highest BCUT2D eigenvalue weighted by Gasteiger charge is 2.04. The van der Waals surface area contributed by atoms with E-state index in [0.717, 1.165) is 11.3 Å². The van der Waals surface area contributed by atoms with E-state index in [1.807, 2.05) is 31.2 Å². The summed E-state index contributed by atoms with van der Waals surface area (Å²) in [4.78, 5) is 22.0. The van der Waals surface area contributed by atoms with Crippen LogP contribution in [0.5, 0.6) is 5.75 Å². The van der Waals surface area contributed by atoms with Gasteiger partial charge in [-0.2, -0.15) is 0 Å². The van der Waals surface area contributed by atoms with Crippen LogP contribution in [0.15, 0.2) is 48.5 Å². The van der Waals surface area contributed by atoms with Crippen molar-refractivity contribution in [1.82, 2.24) is 0 Å². The van der Waals surface area contributed by atoms with Gasteiger partial charge in [0.15, 0.2) is 6.61 Å². The summed E-state index contributed by atoms with van der Waals surface area (Å²) in [5.74, 6) is 0.545. The molecule has 0 bridgehead atoms. The summed E-state index contributed by atoms with van der Waals surface area (Å²) in [6.45, 7) is 1.81. The first-order valence-electron chi connectivity index (χ1n) is 6.40. The van der Waals surface area contributed by atoms with Crippen LogP contribution < -0.4 is 15.4 Å². The molecule has 0 saturated heterocycles. The Morgan fingerprint density at radius 3 is 2.48 bits per heavy atom. The highest BCUT2D eigenvalue weighted by Crippen LogP contribution is 2.17. The molecule has 0 aliphatic heterocycles. The number of benzene rings is 2. The van der Waals surface area contributed by atoms with E-state index in [1.165, 1.54) is 0 Å². The highest BCUT2D eigenvalue weighted by atomic mass is 16.5. The fourth-order valence-corrected chi connectivity index (χ4v) is 1.75. The van der Waals surface area contributed by atoms with Crippen LogP contribution in [0, 0.1) is 6.92 Å². The molecule has 2 aromatic carbocycles. The van der Waals surface area contributed by atoms with E-state index in [9.17, 15) is 9.59 Å². The summed E-state index contributed by atoms with van der Waals surface area (Å²) in [6.07, 6.45) is 1.64. The number of nitrogens with one attached hydrogen (secondary N) is 2. The maximum atomic E-state index is 11.9. The van der Waals surface area contributed by atoms with Gasteiger partial charge >= 0.3 is 6.03 Å². The number of aryl methyl sites for hydroxylation is 1. The maximum absolute atomic E-state index is 11.9. The molecule has 2 aromatic rings. The number of urea groups is 1. The molecular weight excluding hydrogens is 268 g/mol. The standard InChI is InChI=1S/C16H15N2O3/c1-12-4-2-3-5-15(12)18-16(20)17-13-6-8-14(9-7-13)21-11-10-19/h2-9H,11H2,1H3,(H2,17,18,20). The molecule has 0 aliphatic rings. The molecule has 0 fully saturated rings. The van der Waals surface area contributed by atoms with Gasteiger partial charge in [0.1, 0.15) is 5.75 Å². The number of para-hydroxylation sites is 1. The van der Waals surface area contributed by atoms with Gasteiger partial charge in [0.2, 0.25) is 6.29 Å². The van der Waals surface area contributed by atoms with Crippen molar-refractivity contribution in [2.24, 2.45) is 0 Å². The van der Waals surface area contributed by atoms with E-state index in [0.29, 0.717) is 11.4 Å². The van der Waals surface area contributed by atoms with E-state index in [1.54, 1.807) is 30.6 Å². The summed E-state index contributed by atoms with van der Waals surface area (Å²) in [5, 5.41) is 5.49. The molecule has 5 nitrogen and oxygen atoms in total. The number of carbonyl (C=O) groups excluding carboxylic acids is 2. The average Bonchev–Trinajstić information content (AvgIpc) is 2.49. The Bertz CT molecular complexity index is 624. The van der Waals surface area contributed by atoms with E-state index in [-0.39, 0.29) is 12.6 Å². The van der Waals surface area contributed by atoms with Crippen molar-refractivity contribution in [3.63, 3.8) is 0 Å². The molecule has 2 N–H and O–H groups in total. The lowest BCUT2D eigenvalue weighted by molar-refractivity contribution is 0.262. The van der Waals surface area contributed by atoms with Crippen molar-refractivity contribution in [3.8, 4) is 5.75 Å². The van der Waals surface area contributed by atoms with Crippen LogP contribution >= 0.6 is 0 Å². The zero-order valence-corrected chi connectivity index (χ0v) is 11.6. The molecule has 0 heterocycles. The number of carbonyl (C=O) groups is 1. The fraction of sp³-hybridized carbons (Fsp3) is 0.125. The van der Waals surface area contributed by atoms with Crippen molar-refractivity contribution in [1.29, 1.82) is 0 Å². The predicted molar refractivity (Wildman–Crippen MR) is 81.5 cm³/mol. The number of hydrogen-bond donors (Lipinski definition) is 2. The highest BCUT2D eigenvalue weighted by molar-refractivity contribution is 6.00. The summed E-state index contributed by atoms with van der Waals surface area (Å²) >= 11 is 0. The second kappa shape index (κ2) is 7.09. The molecule has 2 rings (SSSR count). The summed E-state index contributed by atoms with van der Waals surface area (Å²) in [5.41, 5.74) is 2.38. The fourth-order valence-electron chi connectivity index (χ4n) is 1.75. The van der Waals surface area contributed by atoms with Gasteiger partial charge in [-0.05, 0) is 42.8 Å². The summed E-state index contributed by atoms with van der Waals surface area (Å²) < 4.78 is 5.07. The predicted octanol–water partition coefficient (Wildman–Crippen LogP) is 3.13. The molecule has 107 valence electrons. The number of rotatable bonds is 5. The van der Waals surface area contributed by atoms with Crippen molar-refractivity contribution in [3.05, 3.63) is 54.1 Å². The van der Waals surface area contributed by atoms with Crippen molar-refractivity contribution in [2.45, 2.75) is 6.92 Å². The van der Waals surface area contributed by atoms with Crippen molar-refractivity contribution < 1.29 is 14.3 Å². The molecule has 0 unspecified atom stereocenters. The van der Waals surface area contributed by atoms with E-state index in [2.05, 4.69) is 10.6 Å². The second-order valence-electron chi connectivity index (χ2n) is 4.35. The minimum absolute atomic E-state index is 0.111. The zero-order chi connectivity index (χ0) is 15.1. The summed E-state index contributed by atoms with van der Waals surface area (Å²) in [7, 11) is 0. The van der Waals surface area contributed by atoms with Crippen LogP contribution in [0.4, 0.5) is 16.2 Å². The molecule has 0 spiro atoms. The Hall–Kier alpha value is -2.82. The lowest BCUT2D eigenvalue weighted by atomic mass is 10.2. The van der Waals surface area contributed by atoms with Crippen LogP contribution in [0.25, 0.3) is 0 Å². The quantitative estimate of drug-likeness (QED) is 0.886. The molecule has 0 saturated carbocycles. The second-order valence-corrected chi connectivity index (χ2v) is 4.35. The normalized spacial score (nSPS) is 9.76. The summed E-state index contributed by atoms with van der Waals surface area (Å²) in [6, 6.07) is 13.9. The van der Waals surface area contributed by atoms with Crippen molar-refractivity contribution in [2.75, 3.05) is 17.2 Å². The van der Waals surface area contributed by atoms with Gasteiger partial charge in [-0.3, -0.25) is 4.79 Å². The number of ether oxygens (including phenoxy) is 1. The lowest BCUT2D eigenvalue weighted by Crippen LogP contribution is -2.19. The Kier molecular flexibility index (Phi) is 4.93. The van der Waals surface area contributed by atoms with Gasteiger partial charge in [-0.15, -0.1) is 0 Å². The molecule has 0 atom stereocenters. The molecule has 0 aromatic heterocycles. The first-order chi connectivity index (χ1) is 10.2. The van der Waals surface area contributed by atoms with Crippen LogP contribution in [0.2, 0.25) is 0 Å². The van der Waals surface area contributed by atoms with Gasteiger partial charge in [-0.25, -0.2) is 4.79 Å².